The molecule has 0 atom stereocenters. The fraction of sp³-hybridized carbons (Fsp3) is 0. The van der Waals surface area contributed by atoms with E-state index in [2.05, 4.69) is 247 Å². The third-order valence-corrected chi connectivity index (χ3v) is 19.7. The minimum Gasteiger partial charge on any atom is -0.458 e. The molecule has 0 saturated heterocycles. The summed E-state index contributed by atoms with van der Waals surface area (Å²) >= 11 is 1.93. The zero-order chi connectivity index (χ0) is 42.9. The van der Waals surface area contributed by atoms with E-state index in [1.807, 2.05) is 11.6 Å². The van der Waals surface area contributed by atoms with Crippen LogP contribution < -0.4 is 36.4 Å². The third kappa shape index (κ3) is 6.04. The molecule has 0 amide bonds. The van der Waals surface area contributed by atoms with E-state index < -0.39 is 8.07 Å². The third-order valence-electron chi connectivity index (χ3n) is 13.6. The number of benzene rings is 10. The first-order valence-corrected chi connectivity index (χ1v) is 25.2. The monoisotopic (exact) mass is 861 g/mol. The van der Waals surface area contributed by atoms with Crippen molar-refractivity contribution >= 4 is 79.2 Å². The summed E-state index contributed by atoms with van der Waals surface area (Å²) in [6.45, 7) is 0. The molecule has 5 heteroatoms. The van der Waals surface area contributed by atoms with Gasteiger partial charge in [0.2, 0.25) is 0 Å². The van der Waals surface area contributed by atoms with E-state index in [1.165, 1.54) is 75.1 Å². The highest BCUT2D eigenvalue weighted by atomic mass is 32.2. The molecule has 13 rings (SSSR count). The van der Waals surface area contributed by atoms with E-state index >= 15 is 0 Å². The van der Waals surface area contributed by atoms with Gasteiger partial charge in [-0.3, -0.25) is 0 Å². The average Bonchev–Trinajstić information content (AvgIpc) is 3.72. The molecule has 0 saturated carbocycles. The Morgan fingerprint density at radius 1 is 0.385 bits per heavy atom. The molecule has 304 valence electrons. The van der Waals surface area contributed by atoms with E-state index in [1.54, 1.807) is 0 Å². The van der Waals surface area contributed by atoms with Crippen LogP contribution in [0, 0.1) is 0 Å². The van der Waals surface area contributed by atoms with E-state index in [0.29, 0.717) is 0 Å². The van der Waals surface area contributed by atoms with Crippen molar-refractivity contribution in [3.8, 4) is 50.6 Å². The Kier molecular flexibility index (Phi) is 8.93. The van der Waals surface area contributed by atoms with Crippen LogP contribution >= 0.6 is 11.6 Å². The van der Waals surface area contributed by atoms with Crippen LogP contribution in [-0.4, -0.2) is 18.6 Å². The number of hydrogen-bond donors (Lipinski definition) is 0. The van der Waals surface area contributed by atoms with Crippen LogP contribution in [0.5, 0.6) is 11.5 Å². The summed E-state index contributed by atoms with van der Waals surface area (Å²) in [6, 6.07) is 89.6. The van der Waals surface area contributed by atoms with Gasteiger partial charge in [0, 0.05) is 21.4 Å². The Labute approximate surface area is 384 Å². The van der Waals surface area contributed by atoms with Crippen LogP contribution in [0.1, 0.15) is 0 Å². The van der Waals surface area contributed by atoms with Crippen molar-refractivity contribution in [2.75, 3.05) is 0 Å². The molecule has 0 bridgehead atoms. The Hall–Kier alpha value is -7.57. The van der Waals surface area contributed by atoms with Gasteiger partial charge in [0.05, 0.1) is 11.0 Å². The Morgan fingerprint density at radius 2 is 0.923 bits per heavy atom. The SMILES string of the molecule is c1ccc([Si](c2ccccc2)(c2ccccc2)c2cccc(-c3ccc4c(c3)Oc3cc(-c5cccc(-n6c7ccccc7c7ccccc76)c5)cc5c3B4Sc3ccccc3-5)c2)cc1. The first kappa shape index (κ1) is 37.9. The first-order valence-electron chi connectivity index (χ1n) is 22.3. The van der Waals surface area contributed by atoms with Gasteiger partial charge in [-0.1, -0.05) is 194 Å². The van der Waals surface area contributed by atoms with Gasteiger partial charge in [-0.15, -0.1) is 0 Å². The van der Waals surface area contributed by atoms with Crippen molar-refractivity contribution in [3.63, 3.8) is 0 Å². The lowest BCUT2D eigenvalue weighted by atomic mass is 9.57. The van der Waals surface area contributed by atoms with E-state index in [-0.39, 0.29) is 5.99 Å². The van der Waals surface area contributed by atoms with Crippen LogP contribution in [0.4, 0.5) is 0 Å². The first-order chi connectivity index (χ1) is 32.2. The Balaban J connectivity index is 0.944. The van der Waals surface area contributed by atoms with Gasteiger partial charge in [0.1, 0.15) is 11.5 Å². The Morgan fingerprint density at radius 3 is 1.60 bits per heavy atom. The second-order valence-corrected chi connectivity index (χ2v) is 22.1. The Bertz CT molecular complexity index is 3480. The van der Waals surface area contributed by atoms with Crippen LogP contribution in [-0.2, 0) is 0 Å². The number of nitrogens with zero attached hydrogens (tertiary/aromatic N) is 1. The molecule has 1 aromatic heterocycles. The summed E-state index contributed by atoms with van der Waals surface area (Å²) < 4.78 is 9.57. The number of ether oxygens (including phenoxy) is 1. The molecule has 0 aliphatic carbocycles. The van der Waals surface area contributed by atoms with Crippen LogP contribution in [0.25, 0.3) is 60.9 Å². The van der Waals surface area contributed by atoms with Crippen LogP contribution in [0.15, 0.2) is 248 Å². The molecule has 2 aliphatic rings. The zero-order valence-electron chi connectivity index (χ0n) is 35.4. The molecule has 3 heterocycles. The second kappa shape index (κ2) is 15.3. The maximum Gasteiger partial charge on any atom is 0.289 e. The minimum absolute atomic E-state index is 0.103. The molecule has 11 aromatic rings. The molecule has 0 unspecified atom stereocenters. The van der Waals surface area contributed by atoms with Crippen molar-refractivity contribution < 1.29 is 4.74 Å². The highest BCUT2D eigenvalue weighted by Crippen LogP contribution is 2.45. The summed E-state index contributed by atoms with van der Waals surface area (Å²) in [5.41, 5.74) is 13.1. The molecular weight excluding hydrogens is 822 g/mol. The molecule has 0 radical (unpaired) electrons. The van der Waals surface area contributed by atoms with E-state index in [0.717, 1.165) is 33.9 Å². The molecule has 2 nitrogen and oxygen atoms in total. The molecule has 0 N–H and O–H groups in total. The second-order valence-electron chi connectivity index (χ2n) is 17.1. The van der Waals surface area contributed by atoms with E-state index in [9.17, 15) is 0 Å². The number of rotatable bonds is 7. The molecule has 10 aromatic carbocycles. The van der Waals surface area contributed by atoms with Gasteiger partial charge in [0.25, 0.3) is 5.99 Å². The fourth-order valence-corrected chi connectivity index (χ4v) is 16.9. The molecule has 0 spiro atoms. The van der Waals surface area contributed by atoms with Crippen LogP contribution in [0.2, 0.25) is 0 Å². The minimum atomic E-state index is -2.71. The summed E-state index contributed by atoms with van der Waals surface area (Å²) in [5, 5.41) is 7.95. The number of hydrogen-bond acceptors (Lipinski definition) is 2. The molecular formula is C60H40BNOSSi. The lowest BCUT2D eigenvalue weighted by molar-refractivity contribution is 0.488. The van der Waals surface area contributed by atoms with Gasteiger partial charge in [0.15, 0.2) is 8.07 Å². The van der Waals surface area contributed by atoms with Crippen LogP contribution in [0.3, 0.4) is 0 Å². The summed E-state index contributed by atoms with van der Waals surface area (Å²) in [5.74, 6) is 1.94. The largest absolute Gasteiger partial charge is 0.458 e. The van der Waals surface area contributed by atoms with Crippen molar-refractivity contribution in [3.05, 3.63) is 243 Å². The zero-order valence-corrected chi connectivity index (χ0v) is 37.3. The van der Waals surface area contributed by atoms with Gasteiger partial charge < -0.3 is 9.30 Å². The van der Waals surface area contributed by atoms with Gasteiger partial charge in [-0.25, -0.2) is 0 Å². The molecule has 65 heavy (non-hydrogen) atoms. The highest BCUT2D eigenvalue weighted by molar-refractivity contribution is 8.28. The van der Waals surface area contributed by atoms with Gasteiger partial charge in [-0.2, -0.15) is 11.6 Å². The average molecular weight is 862 g/mol. The normalized spacial score (nSPS) is 12.6. The molecule has 0 fully saturated rings. The quantitative estimate of drug-likeness (QED) is 0.117. The van der Waals surface area contributed by atoms with Crippen molar-refractivity contribution in [1.29, 1.82) is 0 Å². The smallest absolute Gasteiger partial charge is 0.289 e. The predicted octanol–water partition coefficient (Wildman–Crippen LogP) is 11.5. The maximum atomic E-state index is 7.18. The summed E-state index contributed by atoms with van der Waals surface area (Å²) in [7, 11) is -2.71. The van der Waals surface area contributed by atoms with E-state index in [4.69, 9.17) is 4.74 Å². The number of fused-ring (bicyclic) bond motifs is 7. The number of para-hydroxylation sites is 2. The van der Waals surface area contributed by atoms with Crippen molar-refractivity contribution in [2.45, 2.75) is 4.90 Å². The predicted molar refractivity (Wildman–Crippen MR) is 278 cm³/mol. The standard InChI is InChI=1S/C60H40BNOSSi/c1-4-21-46(22-5-1)65(47-23-6-2-7-24-47,48-25-8-3-9-26-48)49-27-17-19-42(37-49)43-34-35-54-57(39-43)63-58-40-44(38-53-52-30-12-15-33-59(52)64-61(54)60(53)58)41-18-16-20-45(36-41)62-55-31-13-10-28-50(55)51-29-11-14-32-56(51)62/h1-40H. The summed E-state index contributed by atoms with van der Waals surface area (Å²) in [6.07, 6.45) is 0. The van der Waals surface area contributed by atoms with Gasteiger partial charge in [-0.05, 0) is 114 Å². The van der Waals surface area contributed by atoms with Crippen molar-refractivity contribution in [1.82, 2.24) is 4.57 Å². The lowest BCUT2D eigenvalue weighted by Crippen LogP contribution is -2.74. The number of aromatic nitrogens is 1. The topological polar surface area (TPSA) is 14.2 Å². The molecule has 2 aliphatic heterocycles. The highest BCUT2D eigenvalue weighted by Gasteiger charge is 2.42. The maximum absolute atomic E-state index is 7.18. The summed E-state index contributed by atoms with van der Waals surface area (Å²) in [4.78, 5) is 1.29. The lowest BCUT2D eigenvalue weighted by Gasteiger charge is -2.35. The fourth-order valence-electron chi connectivity index (χ4n) is 10.7. The van der Waals surface area contributed by atoms with Crippen molar-refractivity contribution in [2.24, 2.45) is 0 Å². The van der Waals surface area contributed by atoms with Gasteiger partial charge >= 0.3 is 0 Å².